The largest absolute Gasteiger partial charge is 0.328 e. The normalized spacial score (nSPS) is 23.9. The van der Waals surface area contributed by atoms with Crippen LogP contribution in [0.5, 0.6) is 0 Å². The van der Waals surface area contributed by atoms with Gasteiger partial charge in [0.15, 0.2) is 0 Å². The van der Waals surface area contributed by atoms with E-state index in [1.54, 1.807) is 0 Å². The van der Waals surface area contributed by atoms with Crippen LogP contribution in [0, 0.1) is 5.41 Å². The quantitative estimate of drug-likeness (QED) is 0.570. The van der Waals surface area contributed by atoms with E-state index in [2.05, 4.69) is 51.1 Å². The summed E-state index contributed by atoms with van der Waals surface area (Å²) in [7, 11) is 0. The van der Waals surface area contributed by atoms with Crippen LogP contribution < -0.4 is 5.73 Å². The predicted molar refractivity (Wildman–Crippen MR) is 104 cm³/mol. The Hall–Kier alpha value is -0.820. The molecule has 132 valence electrons. The van der Waals surface area contributed by atoms with E-state index in [4.69, 9.17) is 5.73 Å². The second-order valence-corrected chi connectivity index (χ2v) is 7.72. The Labute approximate surface area is 145 Å². The highest BCUT2D eigenvalue weighted by molar-refractivity contribution is 5.16. The molecule has 1 aromatic carbocycles. The maximum atomic E-state index is 5.95. The molecule has 2 N–H and O–H groups in total. The molecule has 1 aliphatic rings. The lowest BCUT2D eigenvalue weighted by Crippen LogP contribution is -2.33. The Bertz CT molecular complexity index is 370. The van der Waals surface area contributed by atoms with Gasteiger partial charge >= 0.3 is 0 Å². The highest BCUT2D eigenvalue weighted by Crippen LogP contribution is 2.38. The van der Waals surface area contributed by atoms with Crippen molar-refractivity contribution in [2.24, 2.45) is 11.1 Å². The Morgan fingerprint density at radius 1 is 0.913 bits per heavy atom. The molecule has 0 atom stereocenters. The van der Waals surface area contributed by atoms with Crippen LogP contribution >= 0.6 is 0 Å². The zero-order valence-electron chi connectivity index (χ0n) is 15.8. The summed E-state index contributed by atoms with van der Waals surface area (Å²) >= 11 is 0. The molecule has 1 saturated carbocycles. The van der Waals surface area contributed by atoms with E-state index in [0.717, 1.165) is 0 Å². The van der Waals surface area contributed by atoms with E-state index in [1.807, 2.05) is 0 Å². The molecule has 1 aliphatic carbocycles. The number of unbranched alkanes of at least 4 members (excludes halogenated alkanes) is 5. The van der Waals surface area contributed by atoms with Crippen LogP contribution in [0.25, 0.3) is 0 Å². The molecular formula is C22H39N. The van der Waals surface area contributed by atoms with Gasteiger partial charge < -0.3 is 5.73 Å². The van der Waals surface area contributed by atoms with Gasteiger partial charge in [0, 0.05) is 6.04 Å². The average molecular weight is 318 g/mol. The molecule has 1 nitrogen and oxygen atoms in total. The first-order valence-electron chi connectivity index (χ1n) is 9.89. The molecule has 0 unspecified atom stereocenters. The molecule has 0 aromatic heterocycles. The lowest BCUT2D eigenvalue weighted by Gasteiger charge is -2.36. The first-order valence-corrected chi connectivity index (χ1v) is 9.89. The fourth-order valence-electron chi connectivity index (χ4n) is 3.46. The molecule has 1 fully saturated rings. The summed E-state index contributed by atoms with van der Waals surface area (Å²) < 4.78 is 0. The third-order valence-corrected chi connectivity index (χ3v) is 5.17. The van der Waals surface area contributed by atoms with Gasteiger partial charge in [0.2, 0.25) is 0 Å². The highest BCUT2D eigenvalue weighted by atomic mass is 14.6. The molecular weight excluding hydrogens is 278 g/mol. The molecule has 0 radical (unpaired) electrons. The Morgan fingerprint density at radius 2 is 1.43 bits per heavy atom. The Balaban J connectivity index is 0.000000284. The first-order chi connectivity index (χ1) is 11.1. The van der Waals surface area contributed by atoms with E-state index in [1.165, 1.54) is 76.2 Å². The van der Waals surface area contributed by atoms with Gasteiger partial charge in [-0.15, -0.1) is 0 Å². The third kappa shape index (κ3) is 9.15. The zero-order chi connectivity index (χ0) is 17.0. The summed E-state index contributed by atoms with van der Waals surface area (Å²) in [5, 5.41) is 0. The van der Waals surface area contributed by atoms with Gasteiger partial charge in [-0.2, -0.15) is 0 Å². The van der Waals surface area contributed by atoms with E-state index in [-0.39, 0.29) is 0 Å². The van der Waals surface area contributed by atoms with Crippen LogP contribution in [0.4, 0.5) is 0 Å². The number of hydrogen-bond acceptors (Lipinski definition) is 1. The minimum atomic E-state index is 0.453. The second-order valence-electron chi connectivity index (χ2n) is 7.72. The second kappa shape index (κ2) is 11.7. The van der Waals surface area contributed by atoms with Crippen molar-refractivity contribution in [3.05, 3.63) is 35.9 Å². The predicted octanol–water partition coefficient (Wildman–Crippen LogP) is 6.50. The number of nitrogens with two attached hydrogens (primary N) is 1. The number of hydrogen-bond donors (Lipinski definition) is 1. The molecule has 1 aromatic rings. The lowest BCUT2D eigenvalue weighted by molar-refractivity contribution is 0.198. The molecule has 0 spiro atoms. The Kier molecular flexibility index (Phi) is 10.3. The van der Waals surface area contributed by atoms with Crippen LogP contribution in [0.3, 0.4) is 0 Å². The van der Waals surface area contributed by atoms with Gasteiger partial charge in [0.25, 0.3) is 0 Å². The van der Waals surface area contributed by atoms with Gasteiger partial charge in [-0.25, -0.2) is 0 Å². The minimum Gasteiger partial charge on any atom is -0.328 e. The summed E-state index contributed by atoms with van der Waals surface area (Å²) in [6, 6.07) is 11.3. The van der Waals surface area contributed by atoms with Crippen molar-refractivity contribution < 1.29 is 0 Å². The molecule has 2 rings (SSSR count). The van der Waals surface area contributed by atoms with E-state index < -0.39 is 0 Å². The molecule has 1 heteroatoms. The molecule has 23 heavy (non-hydrogen) atoms. The van der Waals surface area contributed by atoms with Gasteiger partial charge in [0.1, 0.15) is 0 Å². The fraction of sp³-hybridized carbons (Fsp3) is 0.727. The fourth-order valence-corrected chi connectivity index (χ4v) is 3.46. The van der Waals surface area contributed by atoms with Crippen LogP contribution in [-0.2, 0) is 6.42 Å². The number of benzene rings is 1. The molecule has 0 aliphatic heterocycles. The van der Waals surface area contributed by atoms with Crippen molar-refractivity contribution in [1.29, 1.82) is 0 Å². The van der Waals surface area contributed by atoms with Crippen molar-refractivity contribution >= 4 is 0 Å². The van der Waals surface area contributed by atoms with Crippen LogP contribution in [0.15, 0.2) is 30.3 Å². The van der Waals surface area contributed by atoms with Crippen molar-refractivity contribution in [3.8, 4) is 0 Å². The maximum absolute atomic E-state index is 5.95. The minimum absolute atomic E-state index is 0.453. The molecule has 0 amide bonds. The average Bonchev–Trinajstić information content (AvgIpc) is 2.56. The van der Waals surface area contributed by atoms with E-state index >= 15 is 0 Å². The summed E-state index contributed by atoms with van der Waals surface area (Å²) in [5.41, 5.74) is 7.90. The zero-order valence-corrected chi connectivity index (χ0v) is 15.8. The first kappa shape index (κ1) is 20.2. The monoisotopic (exact) mass is 317 g/mol. The smallest absolute Gasteiger partial charge is 0.00392 e. The van der Waals surface area contributed by atoms with Crippen molar-refractivity contribution in [2.75, 3.05) is 0 Å². The summed E-state index contributed by atoms with van der Waals surface area (Å²) in [6.07, 6.45) is 14.7. The van der Waals surface area contributed by atoms with Crippen LogP contribution in [0.2, 0.25) is 0 Å². The van der Waals surface area contributed by atoms with Crippen LogP contribution in [0.1, 0.15) is 90.5 Å². The standard InChI is InChI=1S/C14H21N.C8H18/c1-14(9-7-13(15)8-10-14)11-12-5-3-2-4-6-12;1-3-5-7-8-6-4-2/h2-6,13H,7-11,15H2,1H3;3-8H2,1-2H3. The van der Waals surface area contributed by atoms with Crippen LogP contribution in [-0.4, -0.2) is 6.04 Å². The van der Waals surface area contributed by atoms with E-state index in [9.17, 15) is 0 Å². The van der Waals surface area contributed by atoms with Gasteiger partial charge in [-0.3, -0.25) is 0 Å². The molecule has 0 bridgehead atoms. The van der Waals surface area contributed by atoms with Crippen molar-refractivity contribution in [2.45, 2.75) is 97.4 Å². The lowest BCUT2D eigenvalue weighted by atomic mass is 9.71. The van der Waals surface area contributed by atoms with Gasteiger partial charge in [-0.05, 0) is 43.1 Å². The van der Waals surface area contributed by atoms with Crippen molar-refractivity contribution in [3.63, 3.8) is 0 Å². The topological polar surface area (TPSA) is 26.0 Å². The van der Waals surface area contributed by atoms with E-state index in [0.29, 0.717) is 11.5 Å². The Morgan fingerprint density at radius 3 is 1.91 bits per heavy atom. The summed E-state index contributed by atoms with van der Waals surface area (Å²) in [4.78, 5) is 0. The molecule has 0 saturated heterocycles. The maximum Gasteiger partial charge on any atom is 0.00392 e. The van der Waals surface area contributed by atoms with Gasteiger partial charge in [0.05, 0.1) is 0 Å². The number of rotatable bonds is 7. The van der Waals surface area contributed by atoms with Crippen molar-refractivity contribution in [1.82, 2.24) is 0 Å². The third-order valence-electron chi connectivity index (χ3n) is 5.17. The SMILES string of the molecule is CC1(Cc2ccccc2)CCC(N)CC1.CCCCCCCC. The summed E-state index contributed by atoms with van der Waals surface area (Å²) in [6.45, 7) is 6.92. The highest BCUT2D eigenvalue weighted by Gasteiger charge is 2.29. The summed E-state index contributed by atoms with van der Waals surface area (Å²) in [5.74, 6) is 0. The van der Waals surface area contributed by atoms with Gasteiger partial charge in [-0.1, -0.05) is 89.6 Å². The molecule has 0 heterocycles.